The fraction of sp³-hybridized carbons (Fsp3) is 0.700. The van der Waals surface area contributed by atoms with E-state index in [1.54, 1.807) is 10.6 Å². The highest BCUT2D eigenvalue weighted by atomic mass is 35.5. The van der Waals surface area contributed by atoms with Gasteiger partial charge in [-0.15, -0.1) is 0 Å². The molecule has 0 nitrogen and oxygen atoms in total. The van der Waals surface area contributed by atoms with E-state index in [0.717, 1.165) is 0 Å². The number of halogens is 1. The van der Waals surface area contributed by atoms with Crippen molar-refractivity contribution in [2.24, 2.45) is 0 Å². The molecule has 0 unspecified atom stereocenters. The van der Waals surface area contributed by atoms with E-state index in [1.807, 2.05) is 0 Å². The summed E-state index contributed by atoms with van der Waals surface area (Å²) >= 11 is 0. The van der Waals surface area contributed by atoms with Crippen LogP contribution in [0.5, 0.6) is 0 Å². The zero-order valence-electron chi connectivity index (χ0n) is 28.0. The number of hydrogen-bond acceptors (Lipinski definition) is 0. The predicted molar refractivity (Wildman–Crippen MR) is 191 cm³/mol. The van der Waals surface area contributed by atoms with Crippen molar-refractivity contribution < 1.29 is 12.4 Å². The Morgan fingerprint density at radius 1 is 0.333 bits per heavy atom. The van der Waals surface area contributed by atoms with E-state index in [0.29, 0.717) is 0 Å². The van der Waals surface area contributed by atoms with Gasteiger partial charge in [0.2, 0.25) is 0 Å². The van der Waals surface area contributed by atoms with Crippen LogP contribution < -0.4 is 23.0 Å². The minimum Gasteiger partial charge on any atom is -1.00 e. The summed E-state index contributed by atoms with van der Waals surface area (Å²) in [6.45, 7) is 4.62. The minimum atomic E-state index is -1.36. The Labute approximate surface area is 270 Å². The molecule has 0 fully saturated rings. The van der Waals surface area contributed by atoms with Crippen LogP contribution in [0.25, 0.3) is 0 Å². The summed E-state index contributed by atoms with van der Waals surface area (Å²) in [6, 6.07) is 23.4. The third-order valence-electron chi connectivity index (χ3n) is 9.29. The van der Waals surface area contributed by atoms with E-state index in [2.05, 4.69) is 74.5 Å². The highest BCUT2D eigenvalue weighted by molar-refractivity contribution is 7.89. The first-order valence-corrected chi connectivity index (χ1v) is 20.5. The van der Waals surface area contributed by atoms with Crippen LogP contribution >= 0.6 is 7.26 Å². The van der Waals surface area contributed by atoms with E-state index >= 15 is 0 Å². The second-order valence-electron chi connectivity index (χ2n) is 12.9. The average molecular weight is 615 g/mol. The summed E-state index contributed by atoms with van der Waals surface area (Å²) < 4.78 is 0. The first-order valence-electron chi connectivity index (χ1n) is 18.3. The van der Waals surface area contributed by atoms with E-state index < -0.39 is 7.26 Å². The first-order chi connectivity index (χ1) is 20.3. The fourth-order valence-electron chi connectivity index (χ4n) is 6.65. The zero-order chi connectivity index (χ0) is 29.1. The Bertz CT molecular complexity index is 735. The molecule has 0 aromatic heterocycles. The van der Waals surface area contributed by atoms with Gasteiger partial charge in [0.05, 0.1) is 30.2 Å². The fourth-order valence-corrected chi connectivity index (χ4v) is 11.2. The second-order valence-corrected chi connectivity index (χ2v) is 16.7. The second kappa shape index (κ2) is 27.7. The number of hydrogen-bond donors (Lipinski definition) is 0. The van der Waals surface area contributed by atoms with Crippen LogP contribution in [0.15, 0.2) is 60.7 Å². The molecule has 0 aliphatic carbocycles. The van der Waals surface area contributed by atoms with Crippen molar-refractivity contribution in [1.29, 1.82) is 0 Å². The molecule has 2 heteroatoms. The van der Waals surface area contributed by atoms with Crippen molar-refractivity contribution >= 4 is 17.9 Å². The Kier molecular flexibility index (Phi) is 25.8. The normalized spacial score (nSPS) is 11.5. The molecule has 0 saturated carbocycles. The van der Waals surface area contributed by atoms with Crippen LogP contribution in [0.3, 0.4) is 0 Å². The van der Waals surface area contributed by atoms with Gasteiger partial charge in [-0.05, 0) is 49.9 Å². The molecule has 0 atom stereocenters. The molecular weight excluding hydrogens is 547 g/mol. The third kappa shape index (κ3) is 17.5. The van der Waals surface area contributed by atoms with Crippen molar-refractivity contribution in [2.75, 3.05) is 12.3 Å². The lowest BCUT2D eigenvalue weighted by atomic mass is 10.1. The largest absolute Gasteiger partial charge is 1.00 e. The van der Waals surface area contributed by atoms with Gasteiger partial charge in [-0.3, -0.25) is 0 Å². The highest BCUT2D eigenvalue weighted by Gasteiger charge is 2.41. The molecular formula is C40H68ClP. The average Bonchev–Trinajstić information content (AvgIpc) is 3.02. The van der Waals surface area contributed by atoms with Crippen LogP contribution in [0, 0.1) is 0 Å². The van der Waals surface area contributed by atoms with Gasteiger partial charge < -0.3 is 12.4 Å². The van der Waals surface area contributed by atoms with Gasteiger partial charge in [0, 0.05) is 0 Å². The Balaban J connectivity index is 0.00000882. The van der Waals surface area contributed by atoms with E-state index in [9.17, 15) is 0 Å². The maximum Gasteiger partial charge on any atom is 0.0991 e. The van der Waals surface area contributed by atoms with Crippen LogP contribution in [-0.2, 0) is 0 Å². The molecule has 2 rings (SSSR count). The molecule has 0 aliphatic heterocycles. The topological polar surface area (TPSA) is 0 Å². The van der Waals surface area contributed by atoms with Crippen LogP contribution in [-0.4, -0.2) is 12.3 Å². The van der Waals surface area contributed by atoms with Gasteiger partial charge in [-0.2, -0.15) is 0 Å². The van der Waals surface area contributed by atoms with Crippen LogP contribution in [0.1, 0.15) is 168 Å². The molecule has 0 bridgehead atoms. The molecule has 0 spiro atoms. The smallest absolute Gasteiger partial charge is 0.0991 e. The highest BCUT2D eigenvalue weighted by Crippen LogP contribution is 2.57. The maximum absolute atomic E-state index is 2.46. The van der Waals surface area contributed by atoms with Crippen molar-refractivity contribution in [1.82, 2.24) is 0 Å². The summed E-state index contributed by atoms with van der Waals surface area (Å²) in [4.78, 5) is 0. The molecule has 0 radical (unpaired) electrons. The summed E-state index contributed by atoms with van der Waals surface area (Å²) in [5.41, 5.74) is 0. The summed E-state index contributed by atoms with van der Waals surface area (Å²) in [5.74, 6) is 0. The lowest BCUT2D eigenvalue weighted by Crippen LogP contribution is -3.00. The van der Waals surface area contributed by atoms with Gasteiger partial charge in [-0.1, -0.05) is 179 Å². The molecule has 240 valence electrons. The van der Waals surface area contributed by atoms with Gasteiger partial charge >= 0.3 is 0 Å². The van der Waals surface area contributed by atoms with Crippen molar-refractivity contribution in [3.8, 4) is 0 Å². The van der Waals surface area contributed by atoms with Gasteiger partial charge in [0.25, 0.3) is 0 Å². The number of unbranched alkanes of at least 4 members (excludes halogenated alkanes) is 22. The summed E-state index contributed by atoms with van der Waals surface area (Å²) in [5, 5.41) is 3.30. The molecule has 42 heavy (non-hydrogen) atoms. The zero-order valence-corrected chi connectivity index (χ0v) is 29.6. The summed E-state index contributed by atoms with van der Waals surface area (Å²) in [7, 11) is -1.36. The molecule has 2 aromatic rings. The van der Waals surface area contributed by atoms with Crippen molar-refractivity contribution in [2.45, 2.75) is 168 Å². The van der Waals surface area contributed by atoms with E-state index in [-0.39, 0.29) is 12.4 Å². The van der Waals surface area contributed by atoms with Crippen LogP contribution in [0.2, 0.25) is 0 Å². The number of rotatable bonds is 28. The summed E-state index contributed by atoms with van der Waals surface area (Å²) in [6.07, 6.45) is 37.2. The molecule has 0 saturated heterocycles. The van der Waals surface area contributed by atoms with Gasteiger partial charge in [-0.25, -0.2) is 0 Å². The Morgan fingerprint density at radius 3 is 0.833 bits per heavy atom. The van der Waals surface area contributed by atoms with E-state index in [4.69, 9.17) is 0 Å². The van der Waals surface area contributed by atoms with Gasteiger partial charge in [0.1, 0.15) is 0 Å². The van der Waals surface area contributed by atoms with Gasteiger partial charge in [0.15, 0.2) is 0 Å². The SMILES string of the molecule is CCCCCCCCCCCCCC[P+](CCCCCCCCCCCCCC)(c1ccccc1)c1ccccc1.[Cl-]. The Morgan fingerprint density at radius 2 is 0.571 bits per heavy atom. The van der Waals surface area contributed by atoms with Crippen molar-refractivity contribution in [3.05, 3.63) is 60.7 Å². The lowest BCUT2D eigenvalue weighted by molar-refractivity contribution is -0.00000876. The molecule has 2 aromatic carbocycles. The molecule has 0 heterocycles. The standard InChI is InChI=1S/C40H68P.ClH/c1-3-5-7-9-11-13-15-17-19-21-23-31-37-41(39-33-27-25-28-34-39,40-35-29-26-30-36-40)38-32-24-22-20-18-16-14-12-10-8-6-4-2;/h25-30,33-36H,3-24,31-32,37-38H2,1-2H3;1H/q+1;/p-1. The lowest BCUT2D eigenvalue weighted by Gasteiger charge is -2.28. The quantitative estimate of drug-likeness (QED) is 0.0661. The first kappa shape index (κ1) is 39.2. The predicted octanol–water partition coefficient (Wildman–Crippen LogP) is 10.1. The van der Waals surface area contributed by atoms with E-state index in [1.165, 1.54) is 166 Å². The molecule has 0 amide bonds. The monoisotopic (exact) mass is 614 g/mol. The Hall–Kier alpha value is -0.840. The van der Waals surface area contributed by atoms with Crippen LogP contribution in [0.4, 0.5) is 0 Å². The number of benzene rings is 2. The van der Waals surface area contributed by atoms with Crippen molar-refractivity contribution in [3.63, 3.8) is 0 Å². The maximum atomic E-state index is 2.46. The third-order valence-corrected chi connectivity index (χ3v) is 14.0. The molecule has 0 aliphatic rings. The minimum absolute atomic E-state index is 0. The molecule has 0 N–H and O–H groups in total.